The highest BCUT2D eigenvalue weighted by Crippen LogP contribution is 2.21. The van der Waals surface area contributed by atoms with Crippen LogP contribution in [-0.2, 0) is 4.74 Å². The molecule has 1 saturated heterocycles. The average Bonchev–Trinajstić information content (AvgIpc) is 3.06. The number of nitrogens with zero attached hydrogens (tertiary/aromatic N) is 4. The minimum absolute atomic E-state index is 0.144. The topological polar surface area (TPSA) is 81.4 Å². The Morgan fingerprint density at radius 2 is 2.23 bits per heavy atom. The number of pyridine rings is 1. The van der Waals surface area contributed by atoms with E-state index in [9.17, 15) is 4.79 Å². The maximum absolute atomic E-state index is 11.5. The highest BCUT2D eigenvalue weighted by molar-refractivity contribution is 7.99. The Hall–Kier alpha value is -2.09. The smallest absolute Gasteiger partial charge is 0.397 e. The van der Waals surface area contributed by atoms with Gasteiger partial charge < -0.3 is 14.2 Å². The quantitative estimate of drug-likeness (QED) is 0.790. The van der Waals surface area contributed by atoms with Crippen LogP contribution in [0.15, 0.2) is 22.9 Å². The number of hydrogen-bond donors (Lipinski definition) is 0. The number of aromatic nitrogens is 3. The highest BCUT2D eigenvalue weighted by atomic mass is 32.2. The van der Waals surface area contributed by atoms with E-state index in [2.05, 4.69) is 20.0 Å². The molecule has 0 aliphatic carbocycles. The van der Waals surface area contributed by atoms with E-state index in [1.165, 1.54) is 0 Å². The lowest BCUT2D eigenvalue weighted by Crippen LogP contribution is -2.32. The summed E-state index contributed by atoms with van der Waals surface area (Å²) in [7, 11) is 0. The minimum atomic E-state index is -0.614. The van der Waals surface area contributed by atoms with Crippen LogP contribution in [0.3, 0.4) is 0 Å². The molecule has 2 aromatic heterocycles. The van der Waals surface area contributed by atoms with Crippen LogP contribution < -0.4 is 4.90 Å². The van der Waals surface area contributed by atoms with Crippen LogP contribution in [0.2, 0.25) is 0 Å². The van der Waals surface area contributed by atoms with Crippen LogP contribution in [0.1, 0.15) is 17.6 Å². The SMILES string of the molecule is CCOC(=O)c1nc(-c2ccc(N3CCSCC3)nc2)no1. The summed E-state index contributed by atoms with van der Waals surface area (Å²) in [5, 5.41) is 3.79. The first kappa shape index (κ1) is 14.8. The molecule has 3 heterocycles. The molecule has 1 aliphatic rings. The highest BCUT2D eigenvalue weighted by Gasteiger charge is 2.18. The molecule has 0 atom stereocenters. The number of thioether (sulfide) groups is 1. The van der Waals surface area contributed by atoms with Crippen molar-refractivity contribution in [2.75, 3.05) is 36.1 Å². The molecule has 0 amide bonds. The van der Waals surface area contributed by atoms with Crippen molar-refractivity contribution < 1.29 is 14.1 Å². The third kappa shape index (κ3) is 3.22. The monoisotopic (exact) mass is 320 g/mol. The van der Waals surface area contributed by atoms with Gasteiger partial charge in [-0.15, -0.1) is 0 Å². The van der Waals surface area contributed by atoms with E-state index in [0.717, 1.165) is 30.4 Å². The third-order valence-corrected chi connectivity index (χ3v) is 4.16. The number of hydrogen-bond acceptors (Lipinski definition) is 8. The normalized spacial score (nSPS) is 14.9. The fourth-order valence-corrected chi connectivity index (χ4v) is 3.02. The molecule has 3 rings (SSSR count). The van der Waals surface area contributed by atoms with E-state index in [-0.39, 0.29) is 12.5 Å². The first-order valence-electron chi connectivity index (χ1n) is 7.08. The Kier molecular flexibility index (Phi) is 4.57. The Labute approximate surface area is 132 Å². The van der Waals surface area contributed by atoms with Gasteiger partial charge in [-0.25, -0.2) is 9.78 Å². The van der Waals surface area contributed by atoms with Gasteiger partial charge in [0.15, 0.2) is 0 Å². The first-order valence-corrected chi connectivity index (χ1v) is 8.23. The zero-order valence-electron chi connectivity index (χ0n) is 12.2. The van der Waals surface area contributed by atoms with Gasteiger partial charge in [-0.05, 0) is 19.1 Å². The molecule has 0 unspecified atom stereocenters. The first-order chi connectivity index (χ1) is 10.8. The number of rotatable bonds is 4. The van der Waals surface area contributed by atoms with Crippen LogP contribution in [-0.4, -0.2) is 52.3 Å². The van der Waals surface area contributed by atoms with Crippen LogP contribution in [0.25, 0.3) is 11.4 Å². The Bertz CT molecular complexity index is 638. The van der Waals surface area contributed by atoms with Crippen molar-refractivity contribution in [3.05, 3.63) is 24.2 Å². The van der Waals surface area contributed by atoms with Crippen molar-refractivity contribution in [2.45, 2.75) is 6.92 Å². The van der Waals surface area contributed by atoms with Crippen LogP contribution in [0.4, 0.5) is 5.82 Å². The molecular weight excluding hydrogens is 304 g/mol. The summed E-state index contributed by atoms with van der Waals surface area (Å²) in [4.78, 5) is 22.2. The second-order valence-corrected chi connectivity index (χ2v) is 5.87. The molecule has 7 nitrogen and oxygen atoms in total. The molecule has 1 aliphatic heterocycles. The fraction of sp³-hybridized carbons (Fsp3) is 0.429. The largest absolute Gasteiger partial charge is 0.459 e. The lowest BCUT2D eigenvalue weighted by atomic mass is 10.2. The second kappa shape index (κ2) is 6.78. The fourth-order valence-electron chi connectivity index (χ4n) is 2.11. The minimum Gasteiger partial charge on any atom is -0.459 e. The van der Waals surface area contributed by atoms with Gasteiger partial charge in [0, 0.05) is 36.4 Å². The van der Waals surface area contributed by atoms with Gasteiger partial charge in [0.25, 0.3) is 0 Å². The summed E-state index contributed by atoms with van der Waals surface area (Å²) >= 11 is 1.96. The Morgan fingerprint density at radius 3 is 2.91 bits per heavy atom. The zero-order chi connectivity index (χ0) is 15.4. The Morgan fingerprint density at radius 1 is 1.41 bits per heavy atom. The molecule has 8 heteroatoms. The summed E-state index contributed by atoms with van der Waals surface area (Å²) in [6, 6.07) is 3.82. The third-order valence-electron chi connectivity index (χ3n) is 3.22. The van der Waals surface area contributed by atoms with Gasteiger partial charge in [-0.3, -0.25) is 0 Å². The maximum atomic E-state index is 11.5. The molecule has 0 spiro atoms. The molecule has 0 bridgehead atoms. The summed E-state index contributed by atoms with van der Waals surface area (Å²) in [5.41, 5.74) is 0.703. The van der Waals surface area contributed by atoms with Crippen molar-refractivity contribution in [3.8, 4) is 11.4 Å². The number of carbonyl (C=O) groups excluding carboxylic acids is 1. The van der Waals surface area contributed by atoms with Crippen molar-refractivity contribution >= 4 is 23.5 Å². The molecule has 116 valence electrons. The van der Waals surface area contributed by atoms with Gasteiger partial charge in [0.05, 0.1) is 6.61 Å². The summed E-state index contributed by atoms with van der Waals surface area (Å²) < 4.78 is 9.72. The van der Waals surface area contributed by atoms with Crippen molar-refractivity contribution in [1.82, 2.24) is 15.1 Å². The van der Waals surface area contributed by atoms with Gasteiger partial charge in [-0.1, -0.05) is 5.16 Å². The molecule has 0 radical (unpaired) electrons. The molecule has 22 heavy (non-hydrogen) atoms. The van der Waals surface area contributed by atoms with E-state index in [1.807, 2.05) is 23.9 Å². The number of carbonyl (C=O) groups is 1. The van der Waals surface area contributed by atoms with Crippen LogP contribution >= 0.6 is 11.8 Å². The zero-order valence-corrected chi connectivity index (χ0v) is 13.0. The summed E-state index contributed by atoms with van der Waals surface area (Å²) in [6.45, 7) is 4.00. The van der Waals surface area contributed by atoms with Gasteiger partial charge in [0.1, 0.15) is 5.82 Å². The van der Waals surface area contributed by atoms with Gasteiger partial charge >= 0.3 is 11.9 Å². The van der Waals surface area contributed by atoms with E-state index < -0.39 is 5.97 Å². The summed E-state index contributed by atoms with van der Waals surface area (Å²) in [6.07, 6.45) is 1.69. The van der Waals surface area contributed by atoms with Gasteiger partial charge in [0.2, 0.25) is 5.82 Å². The van der Waals surface area contributed by atoms with E-state index in [1.54, 1.807) is 13.1 Å². The second-order valence-electron chi connectivity index (χ2n) is 4.65. The maximum Gasteiger partial charge on any atom is 0.397 e. The molecule has 0 aromatic carbocycles. The lowest BCUT2D eigenvalue weighted by molar-refractivity contribution is 0.0470. The molecule has 0 saturated carbocycles. The summed E-state index contributed by atoms with van der Waals surface area (Å²) in [5.74, 6) is 2.76. The van der Waals surface area contributed by atoms with Crippen molar-refractivity contribution in [3.63, 3.8) is 0 Å². The lowest BCUT2D eigenvalue weighted by Gasteiger charge is -2.27. The average molecular weight is 320 g/mol. The molecular formula is C14H16N4O3S. The molecule has 2 aromatic rings. The van der Waals surface area contributed by atoms with Gasteiger partial charge in [-0.2, -0.15) is 16.7 Å². The predicted octanol–water partition coefficient (Wildman–Crippen LogP) is 1.86. The van der Waals surface area contributed by atoms with E-state index in [4.69, 9.17) is 9.26 Å². The van der Waals surface area contributed by atoms with Crippen LogP contribution in [0.5, 0.6) is 0 Å². The van der Waals surface area contributed by atoms with Crippen LogP contribution in [0, 0.1) is 0 Å². The standard InChI is InChI=1S/C14H16N4O3S/c1-2-20-14(19)13-16-12(17-21-13)10-3-4-11(15-9-10)18-5-7-22-8-6-18/h3-4,9H,2,5-8H2,1H3. The van der Waals surface area contributed by atoms with E-state index >= 15 is 0 Å². The number of esters is 1. The van der Waals surface area contributed by atoms with Crippen molar-refractivity contribution in [2.24, 2.45) is 0 Å². The molecule has 0 N–H and O–H groups in total. The Balaban J connectivity index is 1.73. The van der Waals surface area contributed by atoms with Crippen molar-refractivity contribution in [1.29, 1.82) is 0 Å². The molecule has 1 fully saturated rings. The number of ether oxygens (including phenoxy) is 1. The number of anilines is 1. The van der Waals surface area contributed by atoms with E-state index in [0.29, 0.717) is 11.4 Å². The predicted molar refractivity (Wildman–Crippen MR) is 83.0 cm³/mol.